The molecule has 0 bridgehead atoms. The lowest BCUT2D eigenvalue weighted by Crippen LogP contribution is -2.27. The number of nitrogens with one attached hydrogen (secondary N) is 1. The molecule has 0 atom stereocenters. The minimum absolute atomic E-state index is 0.231. The van der Waals surface area contributed by atoms with E-state index < -0.39 is 0 Å². The van der Waals surface area contributed by atoms with Crippen molar-refractivity contribution in [1.82, 2.24) is 25.2 Å². The Kier molecular flexibility index (Phi) is 5.16. The Bertz CT molecular complexity index is 889. The number of aromatic amines is 1. The highest BCUT2D eigenvalue weighted by Gasteiger charge is 2.18. The molecule has 136 valence electrons. The number of amides is 1. The standard InChI is InChI=1S/C17H19N5O4/c1-11-18-16(21-26-11)9-22(2)17(23)13-8-12(19-20-13)10-25-15-7-5-4-6-14(15)24-3/h4-8H,9-10H2,1-3H3,(H,19,20). The topological polar surface area (TPSA) is 106 Å². The number of H-pyrrole nitrogens is 1. The molecule has 0 fully saturated rings. The number of para-hydroxylation sites is 2. The van der Waals surface area contributed by atoms with Crippen molar-refractivity contribution in [2.45, 2.75) is 20.1 Å². The third-order valence-corrected chi connectivity index (χ3v) is 3.60. The fraction of sp³-hybridized carbons (Fsp3) is 0.294. The molecule has 2 aromatic heterocycles. The molecule has 1 amide bonds. The number of methoxy groups -OCH3 is 1. The van der Waals surface area contributed by atoms with Crippen LogP contribution in [-0.2, 0) is 13.2 Å². The van der Waals surface area contributed by atoms with Gasteiger partial charge in [-0.2, -0.15) is 10.1 Å². The van der Waals surface area contributed by atoms with Crippen LogP contribution in [0.15, 0.2) is 34.9 Å². The van der Waals surface area contributed by atoms with E-state index in [4.69, 9.17) is 14.0 Å². The number of nitrogens with zero attached hydrogens (tertiary/aromatic N) is 4. The van der Waals surface area contributed by atoms with Crippen molar-refractivity contribution in [3.8, 4) is 11.5 Å². The summed E-state index contributed by atoms with van der Waals surface area (Å²) < 4.78 is 15.8. The lowest BCUT2D eigenvalue weighted by atomic mass is 10.3. The summed E-state index contributed by atoms with van der Waals surface area (Å²) in [6.07, 6.45) is 0. The molecular weight excluding hydrogens is 338 g/mol. The van der Waals surface area contributed by atoms with Crippen LogP contribution in [-0.4, -0.2) is 45.3 Å². The van der Waals surface area contributed by atoms with Crippen LogP contribution in [0, 0.1) is 6.92 Å². The molecule has 0 aliphatic carbocycles. The van der Waals surface area contributed by atoms with Crippen LogP contribution in [0.3, 0.4) is 0 Å². The third kappa shape index (κ3) is 4.00. The van der Waals surface area contributed by atoms with Crippen molar-refractivity contribution in [2.75, 3.05) is 14.2 Å². The first-order valence-corrected chi connectivity index (χ1v) is 7.91. The van der Waals surface area contributed by atoms with E-state index in [1.165, 1.54) is 4.90 Å². The first-order valence-electron chi connectivity index (χ1n) is 7.91. The van der Waals surface area contributed by atoms with Crippen LogP contribution >= 0.6 is 0 Å². The summed E-state index contributed by atoms with van der Waals surface area (Å²) in [7, 11) is 3.23. The molecule has 26 heavy (non-hydrogen) atoms. The summed E-state index contributed by atoms with van der Waals surface area (Å²) in [5, 5.41) is 10.6. The molecule has 0 aliphatic rings. The van der Waals surface area contributed by atoms with Crippen LogP contribution in [0.25, 0.3) is 0 Å². The molecule has 0 aliphatic heterocycles. The highest BCUT2D eigenvalue weighted by Crippen LogP contribution is 2.26. The average molecular weight is 357 g/mol. The van der Waals surface area contributed by atoms with Gasteiger partial charge in [0.25, 0.3) is 5.91 Å². The van der Waals surface area contributed by atoms with Crippen LogP contribution in [0.2, 0.25) is 0 Å². The number of benzene rings is 1. The van der Waals surface area contributed by atoms with Gasteiger partial charge in [0.15, 0.2) is 23.0 Å². The molecule has 2 heterocycles. The molecule has 9 heteroatoms. The number of ether oxygens (including phenoxy) is 2. The molecule has 0 spiro atoms. The predicted octanol–water partition coefficient (Wildman–Crippen LogP) is 1.96. The first-order chi connectivity index (χ1) is 12.6. The Morgan fingerprint density at radius 3 is 2.77 bits per heavy atom. The zero-order valence-corrected chi connectivity index (χ0v) is 14.7. The van der Waals surface area contributed by atoms with Crippen molar-refractivity contribution in [3.05, 3.63) is 53.4 Å². The predicted molar refractivity (Wildman–Crippen MR) is 90.7 cm³/mol. The smallest absolute Gasteiger partial charge is 0.274 e. The fourth-order valence-electron chi connectivity index (χ4n) is 2.32. The van der Waals surface area contributed by atoms with E-state index in [0.717, 1.165) is 0 Å². The molecule has 3 aromatic rings. The quantitative estimate of drug-likeness (QED) is 0.689. The highest BCUT2D eigenvalue weighted by molar-refractivity contribution is 5.92. The maximum absolute atomic E-state index is 12.4. The number of hydrogen-bond acceptors (Lipinski definition) is 7. The molecule has 9 nitrogen and oxygen atoms in total. The van der Waals surface area contributed by atoms with Gasteiger partial charge >= 0.3 is 0 Å². The van der Waals surface area contributed by atoms with E-state index in [1.807, 2.05) is 24.3 Å². The summed E-state index contributed by atoms with van der Waals surface area (Å²) in [6.45, 7) is 2.16. The van der Waals surface area contributed by atoms with E-state index in [0.29, 0.717) is 28.9 Å². The Morgan fingerprint density at radius 1 is 1.31 bits per heavy atom. The molecule has 3 rings (SSSR count). The van der Waals surface area contributed by atoms with Crippen molar-refractivity contribution in [2.24, 2.45) is 0 Å². The van der Waals surface area contributed by atoms with Crippen LogP contribution < -0.4 is 9.47 Å². The fourth-order valence-corrected chi connectivity index (χ4v) is 2.32. The van der Waals surface area contributed by atoms with Gasteiger partial charge in [0.1, 0.15) is 6.61 Å². The van der Waals surface area contributed by atoms with Crippen LogP contribution in [0.4, 0.5) is 0 Å². The number of carbonyl (C=O) groups excluding carboxylic acids is 1. The third-order valence-electron chi connectivity index (χ3n) is 3.60. The minimum Gasteiger partial charge on any atom is -0.493 e. The SMILES string of the molecule is COc1ccccc1OCc1cc(C(=O)N(C)Cc2noc(C)n2)n[nH]1. The number of carbonyl (C=O) groups is 1. The van der Waals surface area contributed by atoms with Gasteiger partial charge in [-0.15, -0.1) is 0 Å². The van der Waals surface area contributed by atoms with Gasteiger partial charge in [0, 0.05) is 14.0 Å². The molecular formula is C17H19N5O4. The Hall–Kier alpha value is -3.36. The zero-order chi connectivity index (χ0) is 18.5. The summed E-state index contributed by atoms with van der Waals surface area (Å²) in [4.78, 5) is 18.0. The molecule has 1 N–H and O–H groups in total. The monoisotopic (exact) mass is 357 g/mol. The maximum Gasteiger partial charge on any atom is 0.274 e. The summed E-state index contributed by atoms with van der Waals surface area (Å²) in [6, 6.07) is 8.98. The van der Waals surface area contributed by atoms with E-state index in [1.54, 1.807) is 27.1 Å². The zero-order valence-electron chi connectivity index (χ0n) is 14.7. The molecule has 0 saturated carbocycles. The maximum atomic E-state index is 12.4. The van der Waals surface area contributed by atoms with Crippen molar-refractivity contribution < 1.29 is 18.8 Å². The second kappa shape index (κ2) is 7.68. The van der Waals surface area contributed by atoms with Crippen molar-refractivity contribution in [3.63, 3.8) is 0 Å². The molecule has 0 radical (unpaired) electrons. The number of rotatable bonds is 7. The summed E-state index contributed by atoms with van der Waals surface area (Å²) in [5.74, 6) is 1.89. The van der Waals surface area contributed by atoms with Gasteiger partial charge in [-0.25, -0.2) is 0 Å². The van der Waals surface area contributed by atoms with Crippen LogP contribution in [0.1, 0.15) is 27.9 Å². The van der Waals surface area contributed by atoms with Gasteiger partial charge in [-0.05, 0) is 18.2 Å². The lowest BCUT2D eigenvalue weighted by Gasteiger charge is -2.12. The number of aryl methyl sites for hydroxylation is 1. The summed E-state index contributed by atoms with van der Waals surface area (Å²) >= 11 is 0. The normalized spacial score (nSPS) is 10.6. The largest absolute Gasteiger partial charge is 0.493 e. The van der Waals surface area contributed by atoms with Crippen molar-refractivity contribution >= 4 is 5.91 Å². The Labute approximate surface area is 149 Å². The van der Waals surface area contributed by atoms with Gasteiger partial charge in [-0.1, -0.05) is 17.3 Å². The second-order valence-corrected chi connectivity index (χ2v) is 5.61. The minimum atomic E-state index is -0.257. The number of aromatic nitrogens is 4. The van der Waals surface area contributed by atoms with Gasteiger partial charge in [0.2, 0.25) is 5.89 Å². The van der Waals surface area contributed by atoms with Gasteiger partial charge < -0.3 is 18.9 Å². The first kappa shape index (κ1) is 17.5. The van der Waals surface area contributed by atoms with E-state index >= 15 is 0 Å². The van der Waals surface area contributed by atoms with E-state index in [9.17, 15) is 4.79 Å². The number of hydrogen-bond donors (Lipinski definition) is 1. The average Bonchev–Trinajstić information content (AvgIpc) is 3.28. The molecule has 1 aromatic carbocycles. The van der Waals surface area contributed by atoms with E-state index in [-0.39, 0.29) is 24.8 Å². The second-order valence-electron chi connectivity index (χ2n) is 5.61. The van der Waals surface area contributed by atoms with Gasteiger partial charge in [0.05, 0.1) is 19.3 Å². The Balaban J connectivity index is 1.60. The van der Waals surface area contributed by atoms with Crippen molar-refractivity contribution in [1.29, 1.82) is 0 Å². The molecule has 0 saturated heterocycles. The van der Waals surface area contributed by atoms with E-state index in [2.05, 4.69) is 20.3 Å². The van der Waals surface area contributed by atoms with Crippen LogP contribution in [0.5, 0.6) is 11.5 Å². The Morgan fingerprint density at radius 2 is 2.08 bits per heavy atom. The lowest BCUT2D eigenvalue weighted by molar-refractivity contribution is 0.0774. The van der Waals surface area contributed by atoms with Gasteiger partial charge in [-0.3, -0.25) is 9.89 Å². The molecule has 0 unspecified atom stereocenters. The highest BCUT2D eigenvalue weighted by atomic mass is 16.5. The summed E-state index contributed by atoms with van der Waals surface area (Å²) in [5.41, 5.74) is 0.953.